The van der Waals surface area contributed by atoms with Crippen LogP contribution in [0.4, 0.5) is 0 Å². The molecule has 2 unspecified atom stereocenters. The molecule has 44 valence electrons. The zero-order valence-corrected chi connectivity index (χ0v) is 4.59. The van der Waals surface area contributed by atoms with Crippen molar-refractivity contribution in [2.24, 2.45) is 11.8 Å². The number of fused-ring (bicyclic) bond motifs is 2. The van der Waals surface area contributed by atoms with Crippen LogP contribution in [0.3, 0.4) is 0 Å². The summed E-state index contributed by atoms with van der Waals surface area (Å²) in [6.45, 7) is 1.38. The average Bonchev–Trinajstić information content (AvgIpc) is 1.89. The first-order valence-corrected chi connectivity index (χ1v) is 2.99. The number of carbonyl (C=O) groups excluding carboxylic acids is 1. The number of ketones is 1. The number of ether oxygens (including phenoxy) is 1. The zero-order valence-electron chi connectivity index (χ0n) is 4.59. The lowest BCUT2D eigenvalue weighted by Gasteiger charge is -2.38. The minimum atomic E-state index is 0.286. The Labute approximate surface area is 47.8 Å². The average molecular weight is 112 g/mol. The molecule has 0 aromatic heterocycles. The van der Waals surface area contributed by atoms with Crippen molar-refractivity contribution in [1.29, 1.82) is 0 Å². The van der Waals surface area contributed by atoms with Crippen LogP contribution in [0.15, 0.2) is 0 Å². The summed E-state index contributed by atoms with van der Waals surface area (Å²) in [7, 11) is 0. The van der Waals surface area contributed by atoms with Crippen molar-refractivity contribution in [3.05, 3.63) is 0 Å². The van der Waals surface area contributed by atoms with E-state index >= 15 is 0 Å². The monoisotopic (exact) mass is 112 g/mol. The van der Waals surface area contributed by atoms with Crippen LogP contribution in [0.2, 0.25) is 0 Å². The molecule has 1 aliphatic carbocycles. The molecule has 0 spiro atoms. The highest BCUT2D eigenvalue weighted by molar-refractivity contribution is 5.89. The van der Waals surface area contributed by atoms with Crippen LogP contribution in [0.1, 0.15) is 6.42 Å². The van der Waals surface area contributed by atoms with Crippen LogP contribution >= 0.6 is 0 Å². The molecule has 0 radical (unpaired) electrons. The molecular formula is C6H8O2. The lowest BCUT2D eigenvalue weighted by atomic mass is 9.72. The highest BCUT2D eigenvalue weighted by Crippen LogP contribution is 2.34. The Morgan fingerprint density at radius 1 is 1.38 bits per heavy atom. The second kappa shape index (κ2) is 1.32. The Hall–Kier alpha value is -0.370. The van der Waals surface area contributed by atoms with Crippen LogP contribution in [-0.4, -0.2) is 19.0 Å². The smallest absolute Gasteiger partial charge is 0.143 e. The number of carbonyl (C=O) groups is 1. The van der Waals surface area contributed by atoms with Crippen LogP contribution < -0.4 is 0 Å². The van der Waals surface area contributed by atoms with Gasteiger partial charge in [-0.2, -0.15) is 0 Å². The van der Waals surface area contributed by atoms with E-state index < -0.39 is 0 Å². The molecule has 2 saturated heterocycles. The maximum Gasteiger partial charge on any atom is 0.143 e. The van der Waals surface area contributed by atoms with Gasteiger partial charge in [0.2, 0.25) is 0 Å². The first kappa shape index (κ1) is 4.50. The number of Topliss-reactive ketones (excluding diaryl/α,β-unsaturated/α-hetero) is 1. The predicted molar refractivity (Wildman–Crippen MR) is 27.4 cm³/mol. The van der Waals surface area contributed by atoms with Crippen molar-refractivity contribution in [3.63, 3.8) is 0 Å². The standard InChI is InChI=1S/C6H8O2/c7-6-4-1-5(6)3-8-2-4/h4-5H,1-3H2. The van der Waals surface area contributed by atoms with Gasteiger partial charge in [0.05, 0.1) is 13.2 Å². The summed E-state index contributed by atoms with van der Waals surface area (Å²) < 4.78 is 5.08. The van der Waals surface area contributed by atoms with E-state index in [4.69, 9.17) is 4.74 Å². The van der Waals surface area contributed by atoms with Crippen LogP contribution in [0.25, 0.3) is 0 Å². The van der Waals surface area contributed by atoms with Gasteiger partial charge in [-0.3, -0.25) is 4.79 Å². The van der Waals surface area contributed by atoms with Gasteiger partial charge in [-0.15, -0.1) is 0 Å². The van der Waals surface area contributed by atoms with Crippen LogP contribution in [0, 0.1) is 11.8 Å². The van der Waals surface area contributed by atoms with E-state index in [0.717, 1.165) is 6.42 Å². The minimum Gasteiger partial charge on any atom is -0.380 e. The summed E-state index contributed by atoms with van der Waals surface area (Å²) in [5.74, 6) is 1.01. The molecule has 3 aliphatic rings. The third-order valence-electron chi connectivity index (χ3n) is 2.01. The summed E-state index contributed by atoms with van der Waals surface area (Å²) >= 11 is 0. The van der Waals surface area contributed by atoms with E-state index in [1.54, 1.807) is 0 Å². The summed E-state index contributed by atoms with van der Waals surface area (Å²) in [6, 6.07) is 0. The van der Waals surface area contributed by atoms with Crippen molar-refractivity contribution < 1.29 is 9.53 Å². The van der Waals surface area contributed by atoms with E-state index in [2.05, 4.69) is 0 Å². The Balaban J connectivity index is 2.13. The van der Waals surface area contributed by atoms with E-state index in [1.165, 1.54) is 0 Å². The Morgan fingerprint density at radius 2 is 2.00 bits per heavy atom. The molecule has 0 N–H and O–H groups in total. The molecule has 0 aromatic rings. The predicted octanol–water partition coefficient (Wildman–Crippen LogP) is 0.222. The van der Waals surface area contributed by atoms with Gasteiger partial charge in [0.25, 0.3) is 0 Å². The Bertz CT molecular complexity index is 114. The van der Waals surface area contributed by atoms with Crippen LogP contribution in [0.5, 0.6) is 0 Å². The molecule has 2 atom stereocenters. The fourth-order valence-electron chi connectivity index (χ4n) is 1.40. The van der Waals surface area contributed by atoms with Crippen molar-refractivity contribution >= 4 is 5.78 Å². The maximum absolute atomic E-state index is 10.8. The maximum atomic E-state index is 10.8. The second-order valence-electron chi connectivity index (χ2n) is 2.57. The zero-order chi connectivity index (χ0) is 5.56. The van der Waals surface area contributed by atoms with Gasteiger partial charge in [0.1, 0.15) is 5.78 Å². The van der Waals surface area contributed by atoms with Crippen molar-refractivity contribution in [2.75, 3.05) is 13.2 Å². The third-order valence-corrected chi connectivity index (χ3v) is 2.01. The second-order valence-corrected chi connectivity index (χ2v) is 2.57. The van der Waals surface area contributed by atoms with Gasteiger partial charge in [-0.25, -0.2) is 0 Å². The highest BCUT2D eigenvalue weighted by atomic mass is 16.5. The summed E-state index contributed by atoms with van der Waals surface area (Å²) in [5.41, 5.74) is 0. The van der Waals surface area contributed by atoms with E-state index in [1.807, 2.05) is 0 Å². The van der Waals surface area contributed by atoms with Gasteiger partial charge in [0.15, 0.2) is 0 Å². The SMILES string of the molecule is O=C1C2COCC1C2. The van der Waals surface area contributed by atoms with Gasteiger partial charge in [0, 0.05) is 11.8 Å². The molecule has 0 amide bonds. The molecular weight excluding hydrogens is 104 g/mol. The molecule has 2 heteroatoms. The molecule has 0 aromatic carbocycles. The molecule has 3 rings (SSSR count). The fourth-order valence-corrected chi connectivity index (χ4v) is 1.40. The van der Waals surface area contributed by atoms with Gasteiger partial charge in [-0.1, -0.05) is 0 Å². The fraction of sp³-hybridized carbons (Fsp3) is 0.833. The Morgan fingerprint density at radius 3 is 2.25 bits per heavy atom. The highest BCUT2D eigenvalue weighted by Gasteiger charge is 2.42. The molecule has 1 saturated carbocycles. The third kappa shape index (κ3) is 0.388. The van der Waals surface area contributed by atoms with Crippen molar-refractivity contribution in [1.82, 2.24) is 0 Å². The Kier molecular flexibility index (Phi) is 0.742. The summed E-state index contributed by atoms with van der Waals surface area (Å²) in [4.78, 5) is 10.8. The molecule has 2 nitrogen and oxygen atoms in total. The number of rotatable bonds is 0. The van der Waals surface area contributed by atoms with E-state index in [-0.39, 0.29) is 11.8 Å². The molecule has 3 fully saturated rings. The van der Waals surface area contributed by atoms with E-state index in [0.29, 0.717) is 19.0 Å². The first-order valence-electron chi connectivity index (χ1n) is 2.99. The topological polar surface area (TPSA) is 26.3 Å². The minimum absolute atomic E-state index is 0.286. The number of hydrogen-bond acceptors (Lipinski definition) is 2. The van der Waals surface area contributed by atoms with Crippen LogP contribution in [-0.2, 0) is 9.53 Å². The van der Waals surface area contributed by atoms with Gasteiger partial charge < -0.3 is 4.74 Å². The lowest BCUT2D eigenvalue weighted by molar-refractivity contribution is -0.152. The van der Waals surface area contributed by atoms with Crippen molar-refractivity contribution in [2.45, 2.75) is 6.42 Å². The van der Waals surface area contributed by atoms with E-state index in [9.17, 15) is 4.79 Å². The molecule has 2 bridgehead atoms. The normalized spacial score (nSPS) is 43.8. The molecule has 8 heavy (non-hydrogen) atoms. The van der Waals surface area contributed by atoms with Gasteiger partial charge >= 0.3 is 0 Å². The lowest BCUT2D eigenvalue weighted by Crippen LogP contribution is -2.47. The quantitative estimate of drug-likeness (QED) is 0.448. The van der Waals surface area contributed by atoms with Crippen molar-refractivity contribution in [3.8, 4) is 0 Å². The number of hydrogen-bond donors (Lipinski definition) is 0. The summed E-state index contributed by atoms with van der Waals surface area (Å²) in [6.07, 6.45) is 1.10. The molecule has 2 heterocycles. The largest absolute Gasteiger partial charge is 0.380 e. The molecule has 2 aliphatic heterocycles. The first-order chi connectivity index (χ1) is 3.88. The van der Waals surface area contributed by atoms with Gasteiger partial charge in [-0.05, 0) is 6.42 Å². The summed E-state index contributed by atoms with van der Waals surface area (Å²) in [5, 5.41) is 0.